The number of carbonyl (C=O) groups is 2. The Kier molecular flexibility index (Phi) is 4.77. The van der Waals surface area contributed by atoms with Gasteiger partial charge in [-0.25, -0.2) is 9.78 Å². The fraction of sp³-hybridized carbons (Fsp3) is 0.267. The van der Waals surface area contributed by atoms with E-state index in [2.05, 4.69) is 15.6 Å². The molecule has 0 bridgehead atoms. The SMILES string of the molecule is CC(C)(C)OC(=O)Nc1nc(C(=O)Nc2ccccc2)cs1. The summed E-state index contributed by atoms with van der Waals surface area (Å²) in [6, 6.07) is 9.08. The van der Waals surface area contributed by atoms with Crippen molar-refractivity contribution >= 4 is 34.2 Å². The maximum Gasteiger partial charge on any atom is 0.413 e. The standard InChI is InChI=1S/C15H17N3O3S/c1-15(2,3)21-14(20)18-13-17-11(9-22-13)12(19)16-10-7-5-4-6-8-10/h4-9H,1-3H3,(H,16,19)(H,17,18,20). The molecule has 1 aromatic carbocycles. The van der Waals surface area contributed by atoms with Crippen LogP contribution in [0.2, 0.25) is 0 Å². The van der Waals surface area contributed by atoms with E-state index in [0.29, 0.717) is 10.8 Å². The molecular weight excluding hydrogens is 302 g/mol. The molecule has 22 heavy (non-hydrogen) atoms. The number of hydrogen-bond acceptors (Lipinski definition) is 5. The number of thiazole rings is 1. The Morgan fingerprint density at radius 2 is 1.82 bits per heavy atom. The lowest BCUT2D eigenvalue weighted by Crippen LogP contribution is -2.27. The Hall–Kier alpha value is -2.41. The van der Waals surface area contributed by atoms with Crippen molar-refractivity contribution in [1.29, 1.82) is 0 Å². The van der Waals surface area contributed by atoms with E-state index in [1.54, 1.807) is 38.3 Å². The highest BCUT2D eigenvalue weighted by Crippen LogP contribution is 2.18. The molecule has 7 heteroatoms. The van der Waals surface area contributed by atoms with Gasteiger partial charge in [0.15, 0.2) is 5.13 Å². The summed E-state index contributed by atoms with van der Waals surface area (Å²) in [7, 11) is 0. The summed E-state index contributed by atoms with van der Waals surface area (Å²) in [5, 5.41) is 7.12. The number of nitrogens with zero attached hydrogens (tertiary/aromatic N) is 1. The van der Waals surface area contributed by atoms with Crippen molar-refractivity contribution in [2.24, 2.45) is 0 Å². The number of carbonyl (C=O) groups excluding carboxylic acids is 2. The van der Waals surface area contributed by atoms with E-state index in [1.165, 1.54) is 0 Å². The lowest BCUT2D eigenvalue weighted by molar-refractivity contribution is 0.0635. The van der Waals surface area contributed by atoms with Gasteiger partial charge in [0.1, 0.15) is 11.3 Å². The number of rotatable bonds is 3. The summed E-state index contributed by atoms with van der Waals surface area (Å²) in [5.74, 6) is -0.334. The Morgan fingerprint density at radius 1 is 1.14 bits per heavy atom. The Bertz CT molecular complexity index is 662. The van der Waals surface area contributed by atoms with Crippen LogP contribution in [0.4, 0.5) is 15.6 Å². The van der Waals surface area contributed by atoms with Crippen molar-refractivity contribution in [1.82, 2.24) is 4.98 Å². The van der Waals surface area contributed by atoms with Crippen molar-refractivity contribution < 1.29 is 14.3 Å². The summed E-state index contributed by atoms with van der Waals surface area (Å²) >= 11 is 1.16. The van der Waals surface area contributed by atoms with Crippen molar-refractivity contribution in [3.8, 4) is 0 Å². The highest BCUT2D eigenvalue weighted by molar-refractivity contribution is 7.14. The van der Waals surface area contributed by atoms with E-state index in [9.17, 15) is 9.59 Å². The molecule has 2 amide bonds. The summed E-state index contributed by atoms with van der Waals surface area (Å²) in [6.45, 7) is 5.31. The first kappa shape index (κ1) is 16.0. The first-order valence-electron chi connectivity index (χ1n) is 6.65. The van der Waals surface area contributed by atoms with Gasteiger partial charge in [0.05, 0.1) is 0 Å². The largest absolute Gasteiger partial charge is 0.444 e. The van der Waals surface area contributed by atoms with E-state index < -0.39 is 11.7 Å². The molecule has 1 aromatic heterocycles. The fourth-order valence-electron chi connectivity index (χ4n) is 1.54. The molecule has 0 saturated heterocycles. The van der Waals surface area contributed by atoms with E-state index in [4.69, 9.17) is 4.74 Å². The molecule has 2 aromatic rings. The number of anilines is 2. The second-order valence-electron chi connectivity index (χ2n) is 5.48. The van der Waals surface area contributed by atoms with Crippen LogP contribution in [0.5, 0.6) is 0 Å². The minimum atomic E-state index is -0.600. The monoisotopic (exact) mass is 319 g/mol. The molecule has 2 rings (SSSR count). The topological polar surface area (TPSA) is 80.3 Å². The molecule has 0 aliphatic heterocycles. The summed E-state index contributed by atoms with van der Waals surface area (Å²) < 4.78 is 5.12. The normalized spacial score (nSPS) is 10.9. The summed E-state index contributed by atoms with van der Waals surface area (Å²) in [5.41, 5.74) is 0.330. The number of ether oxygens (including phenoxy) is 1. The van der Waals surface area contributed by atoms with Crippen LogP contribution in [0, 0.1) is 0 Å². The molecule has 0 saturated carbocycles. The molecule has 0 aliphatic carbocycles. The third-order valence-electron chi connectivity index (χ3n) is 2.38. The molecule has 0 fully saturated rings. The second-order valence-corrected chi connectivity index (χ2v) is 6.34. The first-order valence-corrected chi connectivity index (χ1v) is 7.53. The van der Waals surface area contributed by atoms with Crippen LogP contribution < -0.4 is 10.6 Å². The smallest absolute Gasteiger partial charge is 0.413 e. The van der Waals surface area contributed by atoms with Gasteiger partial charge in [0.2, 0.25) is 0 Å². The molecule has 0 spiro atoms. The van der Waals surface area contributed by atoms with E-state index in [-0.39, 0.29) is 11.6 Å². The lowest BCUT2D eigenvalue weighted by atomic mass is 10.2. The van der Waals surface area contributed by atoms with Crippen LogP contribution in [0.1, 0.15) is 31.3 Å². The van der Waals surface area contributed by atoms with Gasteiger partial charge < -0.3 is 10.1 Å². The average molecular weight is 319 g/mol. The molecular formula is C15H17N3O3S. The number of para-hydroxylation sites is 1. The van der Waals surface area contributed by atoms with Crippen LogP contribution in [-0.2, 0) is 4.74 Å². The maximum absolute atomic E-state index is 12.0. The number of amides is 2. The van der Waals surface area contributed by atoms with Crippen LogP contribution in [-0.4, -0.2) is 22.6 Å². The van der Waals surface area contributed by atoms with Gasteiger partial charge in [-0.3, -0.25) is 10.1 Å². The van der Waals surface area contributed by atoms with Crippen LogP contribution in [0.25, 0.3) is 0 Å². The zero-order valence-corrected chi connectivity index (χ0v) is 13.4. The van der Waals surface area contributed by atoms with Gasteiger partial charge in [0, 0.05) is 11.1 Å². The third-order valence-corrected chi connectivity index (χ3v) is 3.13. The molecule has 1 heterocycles. The van der Waals surface area contributed by atoms with Gasteiger partial charge >= 0.3 is 6.09 Å². The predicted molar refractivity (Wildman–Crippen MR) is 86.4 cm³/mol. The number of nitrogens with one attached hydrogen (secondary N) is 2. The van der Waals surface area contributed by atoms with Gasteiger partial charge in [-0.2, -0.15) is 0 Å². The zero-order valence-electron chi connectivity index (χ0n) is 12.5. The number of benzene rings is 1. The quantitative estimate of drug-likeness (QED) is 0.903. The van der Waals surface area contributed by atoms with Crippen LogP contribution in [0.3, 0.4) is 0 Å². The minimum Gasteiger partial charge on any atom is -0.444 e. The van der Waals surface area contributed by atoms with Crippen LogP contribution in [0.15, 0.2) is 35.7 Å². The van der Waals surface area contributed by atoms with Gasteiger partial charge in [-0.05, 0) is 32.9 Å². The van der Waals surface area contributed by atoms with Gasteiger partial charge in [-0.15, -0.1) is 11.3 Å². The van der Waals surface area contributed by atoms with Crippen LogP contribution >= 0.6 is 11.3 Å². The summed E-state index contributed by atoms with van der Waals surface area (Å²) in [6.07, 6.45) is -0.600. The van der Waals surface area contributed by atoms with E-state index in [1.807, 2.05) is 18.2 Å². The molecule has 116 valence electrons. The average Bonchev–Trinajstić information content (AvgIpc) is 2.86. The van der Waals surface area contributed by atoms with Gasteiger partial charge in [0.25, 0.3) is 5.91 Å². The van der Waals surface area contributed by atoms with Crippen molar-refractivity contribution in [2.45, 2.75) is 26.4 Å². The Labute approximate surface area is 132 Å². The molecule has 2 N–H and O–H groups in total. The number of aromatic nitrogens is 1. The molecule has 0 unspecified atom stereocenters. The molecule has 0 radical (unpaired) electrons. The molecule has 0 atom stereocenters. The second kappa shape index (κ2) is 6.57. The highest BCUT2D eigenvalue weighted by atomic mass is 32.1. The molecule has 0 aliphatic rings. The van der Waals surface area contributed by atoms with Gasteiger partial charge in [-0.1, -0.05) is 18.2 Å². The van der Waals surface area contributed by atoms with Crippen molar-refractivity contribution in [3.63, 3.8) is 0 Å². The maximum atomic E-state index is 12.0. The number of hydrogen-bond donors (Lipinski definition) is 2. The minimum absolute atomic E-state index is 0.236. The summed E-state index contributed by atoms with van der Waals surface area (Å²) in [4.78, 5) is 27.7. The first-order chi connectivity index (χ1) is 10.3. The molecule has 6 nitrogen and oxygen atoms in total. The van der Waals surface area contributed by atoms with E-state index >= 15 is 0 Å². The third kappa shape index (κ3) is 4.85. The van der Waals surface area contributed by atoms with Crippen molar-refractivity contribution in [3.05, 3.63) is 41.4 Å². The predicted octanol–water partition coefficient (Wildman–Crippen LogP) is 3.74. The van der Waals surface area contributed by atoms with E-state index in [0.717, 1.165) is 11.3 Å². The lowest BCUT2D eigenvalue weighted by Gasteiger charge is -2.18. The zero-order chi connectivity index (χ0) is 16.2. The Morgan fingerprint density at radius 3 is 2.45 bits per heavy atom. The Balaban J connectivity index is 1.96. The fourth-order valence-corrected chi connectivity index (χ4v) is 2.22. The van der Waals surface area contributed by atoms with Crippen molar-refractivity contribution in [2.75, 3.05) is 10.6 Å². The highest BCUT2D eigenvalue weighted by Gasteiger charge is 2.18.